The summed E-state index contributed by atoms with van der Waals surface area (Å²) in [6.07, 6.45) is 0.636. The van der Waals surface area contributed by atoms with E-state index in [9.17, 15) is 17.2 Å². The highest BCUT2D eigenvalue weighted by Crippen LogP contribution is 2.34. The van der Waals surface area contributed by atoms with Crippen molar-refractivity contribution in [1.82, 2.24) is 9.21 Å². The maximum absolute atomic E-state index is 14.3. The van der Waals surface area contributed by atoms with Crippen molar-refractivity contribution in [2.75, 3.05) is 39.4 Å². The van der Waals surface area contributed by atoms with Gasteiger partial charge < -0.3 is 9.47 Å². The highest BCUT2D eigenvalue weighted by molar-refractivity contribution is 7.89. The molecule has 2 aliphatic heterocycles. The molecule has 162 valence electrons. The predicted molar refractivity (Wildman–Crippen MR) is 107 cm³/mol. The number of hydrogen-bond acceptors (Lipinski definition) is 5. The first kappa shape index (κ1) is 21.0. The number of piperazine rings is 1. The first-order valence-corrected chi connectivity index (χ1v) is 11.4. The second kappa shape index (κ2) is 8.49. The van der Waals surface area contributed by atoms with Crippen molar-refractivity contribution < 1.29 is 26.7 Å². The van der Waals surface area contributed by atoms with Gasteiger partial charge in [0.25, 0.3) is 0 Å². The fourth-order valence-electron chi connectivity index (χ4n) is 4.04. The van der Waals surface area contributed by atoms with Crippen molar-refractivity contribution in [2.24, 2.45) is 0 Å². The minimum Gasteiger partial charge on any atom is -0.486 e. The lowest BCUT2D eigenvalue weighted by atomic mass is 10.0. The third-order valence-electron chi connectivity index (χ3n) is 5.57. The van der Waals surface area contributed by atoms with E-state index in [1.807, 2.05) is 11.8 Å². The Balaban J connectivity index is 1.48. The van der Waals surface area contributed by atoms with Crippen LogP contribution in [-0.2, 0) is 10.0 Å². The normalized spacial score (nSPS) is 18.9. The number of sulfonamides is 1. The molecule has 1 fully saturated rings. The minimum atomic E-state index is -3.68. The van der Waals surface area contributed by atoms with Crippen molar-refractivity contribution in [1.29, 1.82) is 0 Å². The van der Waals surface area contributed by atoms with Crippen LogP contribution in [0.4, 0.5) is 8.78 Å². The summed E-state index contributed by atoms with van der Waals surface area (Å²) in [4.78, 5) is 2.21. The zero-order chi connectivity index (χ0) is 21.3. The van der Waals surface area contributed by atoms with Crippen LogP contribution in [0.15, 0.2) is 41.3 Å². The second-order valence-electron chi connectivity index (χ2n) is 7.34. The molecule has 6 nitrogen and oxygen atoms in total. The molecule has 30 heavy (non-hydrogen) atoms. The number of benzene rings is 2. The molecule has 0 saturated carbocycles. The van der Waals surface area contributed by atoms with Gasteiger partial charge in [0.15, 0.2) is 11.5 Å². The number of rotatable bonds is 5. The van der Waals surface area contributed by atoms with Crippen molar-refractivity contribution in [3.63, 3.8) is 0 Å². The molecule has 0 bridgehead atoms. The third-order valence-corrected chi connectivity index (χ3v) is 7.47. The van der Waals surface area contributed by atoms with Gasteiger partial charge in [0.1, 0.15) is 24.8 Å². The minimum absolute atomic E-state index is 0.164. The standard InChI is InChI=1S/C21H24F2N2O4S/c1-2-19(17-5-3-15(22)13-18(17)23)24-7-9-25(10-8-24)30(26,27)16-4-6-20-21(14-16)29-12-11-28-20/h3-6,13-14,19H,2,7-12H2,1H3. The van der Waals surface area contributed by atoms with Gasteiger partial charge in [-0.2, -0.15) is 4.31 Å². The van der Waals surface area contributed by atoms with E-state index in [1.165, 1.54) is 28.6 Å². The summed E-state index contributed by atoms with van der Waals surface area (Å²) in [6, 6.07) is 8.02. The van der Waals surface area contributed by atoms with Crippen LogP contribution in [-0.4, -0.2) is 57.0 Å². The SMILES string of the molecule is CCC(c1ccc(F)cc1F)N1CCN(S(=O)(=O)c2ccc3c(c2)OCCO3)CC1. The number of halogens is 2. The van der Waals surface area contributed by atoms with Gasteiger partial charge >= 0.3 is 0 Å². The lowest BCUT2D eigenvalue weighted by Gasteiger charge is -2.38. The zero-order valence-electron chi connectivity index (χ0n) is 16.7. The Morgan fingerprint density at radius 2 is 1.67 bits per heavy atom. The van der Waals surface area contributed by atoms with Crippen LogP contribution < -0.4 is 9.47 Å². The monoisotopic (exact) mass is 438 g/mol. The van der Waals surface area contributed by atoms with E-state index in [2.05, 4.69) is 0 Å². The maximum atomic E-state index is 14.3. The highest BCUT2D eigenvalue weighted by atomic mass is 32.2. The molecule has 1 unspecified atom stereocenters. The molecule has 1 saturated heterocycles. The van der Waals surface area contributed by atoms with Crippen LogP contribution in [0.5, 0.6) is 11.5 Å². The Morgan fingerprint density at radius 1 is 0.967 bits per heavy atom. The summed E-state index contributed by atoms with van der Waals surface area (Å²) < 4.78 is 66.1. The molecule has 2 aromatic rings. The van der Waals surface area contributed by atoms with Crippen LogP contribution in [0.1, 0.15) is 24.9 Å². The molecular weight excluding hydrogens is 414 g/mol. The molecule has 2 aliphatic rings. The maximum Gasteiger partial charge on any atom is 0.243 e. The van der Waals surface area contributed by atoms with Crippen LogP contribution in [0.3, 0.4) is 0 Å². The van der Waals surface area contributed by atoms with Gasteiger partial charge in [-0.25, -0.2) is 17.2 Å². The summed E-state index contributed by atoms with van der Waals surface area (Å²) in [6.45, 7) is 4.25. The Morgan fingerprint density at radius 3 is 2.33 bits per heavy atom. The molecule has 9 heteroatoms. The number of ether oxygens (including phenoxy) is 2. The molecular formula is C21H24F2N2O4S. The van der Waals surface area contributed by atoms with Crippen LogP contribution in [0, 0.1) is 11.6 Å². The quantitative estimate of drug-likeness (QED) is 0.718. The van der Waals surface area contributed by atoms with Gasteiger partial charge in [0.05, 0.1) is 4.90 Å². The predicted octanol–water partition coefficient (Wildman–Crippen LogP) is 3.19. The molecule has 0 aliphatic carbocycles. The third kappa shape index (κ3) is 4.01. The Kier molecular flexibility index (Phi) is 5.95. The van der Waals surface area contributed by atoms with Crippen LogP contribution in [0.2, 0.25) is 0 Å². The van der Waals surface area contributed by atoms with Gasteiger partial charge in [-0.15, -0.1) is 0 Å². The van der Waals surface area contributed by atoms with Crippen LogP contribution in [0.25, 0.3) is 0 Å². The molecule has 4 rings (SSSR count). The highest BCUT2D eigenvalue weighted by Gasteiger charge is 2.32. The summed E-state index contributed by atoms with van der Waals surface area (Å²) in [5, 5.41) is 0. The van der Waals surface area contributed by atoms with E-state index in [0.29, 0.717) is 49.8 Å². The van der Waals surface area contributed by atoms with E-state index >= 15 is 0 Å². The van der Waals surface area contributed by atoms with Crippen LogP contribution >= 0.6 is 0 Å². The van der Waals surface area contributed by atoms with Crippen molar-refractivity contribution >= 4 is 10.0 Å². The van der Waals surface area contributed by atoms with E-state index < -0.39 is 21.7 Å². The summed E-state index contributed by atoms with van der Waals surface area (Å²) in [5.74, 6) is -0.217. The molecule has 2 heterocycles. The number of nitrogens with zero attached hydrogens (tertiary/aromatic N) is 2. The molecule has 0 aromatic heterocycles. The Labute approximate surface area is 175 Å². The fourth-order valence-corrected chi connectivity index (χ4v) is 5.47. The van der Waals surface area contributed by atoms with Gasteiger partial charge in [0.2, 0.25) is 10.0 Å². The molecule has 0 radical (unpaired) electrons. The van der Waals surface area contributed by atoms with E-state index in [0.717, 1.165) is 6.07 Å². The van der Waals surface area contributed by atoms with Crippen molar-refractivity contribution in [3.05, 3.63) is 53.6 Å². The van der Waals surface area contributed by atoms with Gasteiger partial charge in [-0.3, -0.25) is 4.90 Å². The summed E-state index contributed by atoms with van der Waals surface area (Å²) in [5.41, 5.74) is 0.432. The van der Waals surface area contributed by atoms with E-state index in [-0.39, 0.29) is 24.0 Å². The lowest BCUT2D eigenvalue weighted by molar-refractivity contribution is 0.131. The lowest BCUT2D eigenvalue weighted by Crippen LogP contribution is -2.49. The second-order valence-corrected chi connectivity index (χ2v) is 9.27. The zero-order valence-corrected chi connectivity index (χ0v) is 17.5. The number of hydrogen-bond donors (Lipinski definition) is 0. The van der Waals surface area contributed by atoms with Gasteiger partial charge in [0, 0.05) is 49.9 Å². The summed E-state index contributed by atoms with van der Waals surface area (Å²) >= 11 is 0. The smallest absolute Gasteiger partial charge is 0.243 e. The Hall–Kier alpha value is -2.23. The number of fused-ring (bicyclic) bond motifs is 1. The molecule has 0 amide bonds. The Bertz CT molecular complexity index is 1020. The average molecular weight is 438 g/mol. The summed E-state index contributed by atoms with van der Waals surface area (Å²) in [7, 11) is -3.68. The first-order chi connectivity index (χ1) is 14.4. The van der Waals surface area contributed by atoms with Crippen molar-refractivity contribution in [2.45, 2.75) is 24.3 Å². The largest absolute Gasteiger partial charge is 0.486 e. The van der Waals surface area contributed by atoms with E-state index in [1.54, 1.807) is 6.07 Å². The van der Waals surface area contributed by atoms with E-state index in [4.69, 9.17) is 9.47 Å². The molecule has 2 aromatic carbocycles. The van der Waals surface area contributed by atoms with Gasteiger partial charge in [-0.1, -0.05) is 13.0 Å². The molecule has 0 spiro atoms. The topological polar surface area (TPSA) is 59.1 Å². The fraction of sp³-hybridized carbons (Fsp3) is 0.429. The van der Waals surface area contributed by atoms with Crippen molar-refractivity contribution in [3.8, 4) is 11.5 Å². The average Bonchev–Trinajstić information content (AvgIpc) is 2.75. The molecule has 1 atom stereocenters. The first-order valence-electron chi connectivity index (χ1n) is 9.99. The molecule has 0 N–H and O–H groups in total. The van der Waals surface area contributed by atoms with Gasteiger partial charge in [-0.05, 0) is 24.6 Å².